The second-order valence-corrected chi connectivity index (χ2v) is 7.47. The van der Waals surface area contributed by atoms with Gasteiger partial charge in [-0.25, -0.2) is 0 Å². The third kappa shape index (κ3) is 2.18. The lowest BCUT2D eigenvalue weighted by Crippen LogP contribution is -2.39. The van der Waals surface area contributed by atoms with Crippen molar-refractivity contribution in [3.8, 4) is 0 Å². The van der Waals surface area contributed by atoms with Crippen LogP contribution in [0.5, 0.6) is 0 Å². The van der Waals surface area contributed by atoms with E-state index in [1.54, 1.807) is 0 Å². The van der Waals surface area contributed by atoms with Crippen molar-refractivity contribution in [2.24, 2.45) is 5.92 Å². The molecule has 3 aliphatic rings. The Bertz CT molecular complexity index is 781. The molecule has 3 nitrogen and oxygen atoms in total. The molecule has 0 unspecified atom stereocenters. The highest BCUT2D eigenvalue weighted by Gasteiger charge is 2.47. The molecule has 2 bridgehead atoms. The molecule has 2 aromatic carbocycles. The third-order valence-corrected chi connectivity index (χ3v) is 6.14. The van der Waals surface area contributed by atoms with Gasteiger partial charge in [-0.05, 0) is 48.4 Å². The number of benzene rings is 2. The van der Waals surface area contributed by atoms with Crippen molar-refractivity contribution in [1.29, 1.82) is 0 Å². The summed E-state index contributed by atoms with van der Waals surface area (Å²) < 4.78 is 5.93. The molecule has 0 aromatic heterocycles. The fraction of sp³-hybridized carbons (Fsp3) is 0.476. The quantitative estimate of drug-likeness (QED) is 0.834. The smallest absolute Gasteiger partial charge is 0.228 e. The summed E-state index contributed by atoms with van der Waals surface area (Å²) >= 11 is 0. The number of nitrogens with zero attached hydrogens (tertiary/aromatic N) is 1. The molecule has 3 saturated heterocycles. The van der Waals surface area contributed by atoms with Crippen LogP contribution in [0, 0.1) is 5.92 Å². The highest BCUT2D eigenvalue weighted by atomic mass is 16.5. The van der Waals surface area contributed by atoms with E-state index in [0.717, 1.165) is 38.6 Å². The summed E-state index contributed by atoms with van der Waals surface area (Å²) in [5, 5.41) is 2.55. The second-order valence-electron chi connectivity index (χ2n) is 7.47. The topological polar surface area (TPSA) is 29.5 Å². The van der Waals surface area contributed by atoms with Gasteiger partial charge in [0.05, 0.1) is 24.2 Å². The van der Waals surface area contributed by atoms with E-state index in [-0.39, 0.29) is 18.1 Å². The summed E-state index contributed by atoms with van der Waals surface area (Å²) in [4.78, 5) is 15.4. The Morgan fingerprint density at radius 3 is 2.75 bits per heavy atom. The number of amides is 1. The van der Waals surface area contributed by atoms with Crippen molar-refractivity contribution >= 4 is 16.7 Å². The highest BCUT2D eigenvalue weighted by molar-refractivity contribution is 5.87. The molecule has 1 amide bonds. The summed E-state index contributed by atoms with van der Waals surface area (Å²) in [5.41, 5.74) is 1.31. The number of likely N-dealkylation sites (tertiary alicyclic amines) is 1. The molecule has 3 aliphatic heterocycles. The van der Waals surface area contributed by atoms with Crippen molar-refractivity contribution in [2.75, 3.05) is 6.54 Å². The Morgan fingerprint density at radius 1 is 1.04 bits per heavy atom. The number of carbonyl (C=O) groups excluding carboxylic acids is 1. The number of fused-ring (bicyclic) bond motifs is 3. The molecular weight excluding hydrogens is 298 g/mol. The molecule has 0 radical (unpaired) electrons. The first-order valence-electron chi connectivity index (χ1n) is 9.25. The third-order valence-electron chi connectivity index (χ3n) is 6.14. The van der Waals surface area contributed by atoms with Crippen LogP contribution in [0.3, 0.4) is 0 Å². The molecule has 0 aliphatic carbocycles. The molecule has 24 heavy (non-hydrogen) atoms. The standard InChI is InChI=1S/C21H23NO2/c23-21(18-13-15-10-11-20(18)24-15)22-12-4-9-19(22)17-8-3-6-14-5-1-2-7-16(14)17/h1-3,5-8,15,18-20H,4,9-13H2/t15-,18-,19+,20-/m1/s1. The predicted octanol–water partition coefficient (Wildman–Crippen LogP) is 4.07. The summed E-state index contributed by atoms with van der Waals surface area (Å²) in [6.45, 7) is 0.889. The van der Waals surface area contributed by atoms with Gasteiger partial charge in [0, 0.05) is 6.54 Å². The van der Waals surface area contributed by atoms with Crippen molar-refractivity contribution in [2.45, 2.75) is 50.4 Å². The van der Waals surface area contributed by atoms with E-state index in [4.69, 9.17) is 4.74 Å². The zero-order valence-electron chi connectivity index (χ0n) is 13.9. The summed E-state index contributed by atoms with van der Waals surface area (Å²) in [5.74, 6) is 0.428. The predicted molar refractivity (Wildman–Crippen MR) is 93.6 cm³/mol. The molecule has 5 rings (SSSR count). The molecule has 2 aromatic rings. The lowest BCUT2D eigenvalue weighted by Gasteiger charge is -2.30. The molecule has 0 N–H and O–H groups in total. The van der Waals surface area contributed by atoms with Crippen LogP contribution in [0.15, 0.2) is 42.5 Å². The van der Waals surface area contributed by atoms with Gasteiger partial charge in [-0.1, -0.05) is 42.5 Å². The van der Waals surface area contributed by atoms with Gasteiger partial charge in [0.2, 0.25) is 5.91 Å². The second kappa shape index (κ2) is 5.59. The maximum absolute atomic E-state index is 13.2. The highest BCUT2D eigenvalue weighted by Crippen LogP contribution is 2.43. The van der Waals surface area contributed by atoms with Crippen LogP contribution < -0.4 is 0 Å². The SMILES string of the molecule is O=C([C@@H]1C[C@H]2CC[C@H]1O2)N1CCC[C@H]1c1cccc2ccccc12. The average Bonchev–Trinajstić information content (AvgIpc) is 3.36. The Hall–Kier alpha value is -1.87. The molecule has 3 fully saturated rings. The van der Waals surface area contributed by atoms with Gasteiger partial charge in [0.25, 0.3) is 0 Å². The minimum Gasteiger partial charge on any atom is -0.374 e. The van der Waals surface area contributed by atoms with E-state index in [1.165, 1.54) is 16.3 Å². The van der Waals surface area contributed by atoms with Crippen molar-refractivity contribution < 1.29 is 9.53 Å². The van der Waals surface area contributed by atoms with Gasteiger partial charge in [-0.3, -0.25) is 4.79 Å². The molecule has 124 valence electrons. The molecule has 0 spiro atoms. The molecule has 3 heteroatoms. The number of hydrogen-bond donors (Lipinski definition) is 0. The van der Waals surface area contributed by atoms with E-state index in [1.807, 2.05) is 0 Å². The monoisotopic (exact) mass is 321 g/mol. The van der Waals surface area contributed by atoms with Crippen LogP contribution in [-0.4, -0.2) is 29.6 Å². The Morgan fingerprint density at radius 2 is 1.92 bits per heavy atom. The summed E-state index contributed by atoms with van der Waals surface area (Å²) in [7, 11) is 0. The van der Waals surface area contributed by atoms with E-state index >= 15 is 0 Å². The van der Waals surface area contributed by atoms with E-state index in [0.29, 0.717) is 12.0 Å². The molecule has 4 atom stereocenters. The largest absolute Gasteiger partial charge is 0.374 e. The number of carbonyl (C=O) groups is 1. The zero-order valence-corrected chi connectivity index (χ0v) is 13.9. The minimum absolute atomic E-state index is 0.0966. The lowest BCUT2D eigenvalue weighted by molar-refractivity contribution is -0.138. The fourth-order valence-corrected chi connectivity index (χ4v) is 5.01. The molecule has 0 saturated carbocycles. The average molecular weight is 321 g/mol. The maximum Gasteiger partial charge on any atom is 0.228 e. The van der Waals surface area contributed by atoms with E-state index in [9.17, 15) is 4.79 Å². The van der Waals surface area contributed by atoms with Gasteiger partial charge >= 0.3 is 0 Å². The fourth-order valence-electron chi connectivity index (χ4n) is 5.01. The van der Waals surface area contributed by atoms with Crippen molar-refractivity contribution in [3.63, 3.8) is 0 Å². The first-order valence-corrected chi connectivity index (χ1v) is 9.25. The first kappa shape index (κ1) is 14.5. The van der Waals surface area contributed by atoms with Crippen LogP contribution in [0.1, 0.15) is 43.7 Å². The molecular formula is C21H23NO2. The first-order chi connectivity index (χ1) is 11.8. The van der Waals surface area contributed by atoms with Gasteiger partial charge in [-0.15, -0.1) is 0 Å². The van der Waals surface area contributed by atoms with Crippen molar-refractivity contribution in [3.05, 3.63) is 48.0 Å². The van der Waals surface area contributed by atoms with Gasteiger partial charge < -0.3 is 9.64 Å². The maximum atomic E-state index is 13.2. The number of ether oxygens (including phenoxy) is 1. The van der Waals surface area contributed by atoms with E-state index in [2.05, 4.69) is 47.4 Å². The van der Waals surface area contributed by atoms with Crippen LogP contribution in [0.4, 0.5) is 0 Å². The van der Waals surface area contributed by atoms with Gasteiger partial charge in [-0.2, -0.15) is 0 Å². The van der Waals surface area contributed by atoms with Crippen LogP contribution >= 0.6 is 0 Å². The number of hydrogen-bond acceptors (Lipinski definition) is 2. The summed E-state index contributed by atoms with van der Waals surface area (Å²) in [6, 6.07) is 15.2. The molecule has 3 heterocycles. The minimum atomic E-state index is 0.0966. The lowest BCUT2D eigenvalue weighted by atomic mass is 9.87. The Kier molecular flexibility index (Phi) is 3.37. The Balaban J connectivity index is 1.48. The Labute approximate surface area is 142 Å². The van der Waals surface area contributed by atoms with Crippen LogP contribution in [-0.2, 0) is 9.53 Å². The number of rotatable bonds is 2. The van der Waals surface area contributed by atoms with Crippen LogP contribution in [0.25, 0.3) is 10.8 Å². The van der Waals surface area contributed by atoms with E-state index < -0.39 is 0 Å². The van der Waals surface area contributed by atoms with Gasteiger partial charge in [0.15, 0.2) is 0 Å². The summed E-state index contributed by atoms with van der Waals surface area (Å²) in [6.07, 6.45) is 5.82. The van der Waals surface area contributed by atoms with Crippen LogP contribution in [0.2, 0.25) is 0 Å². The van der Waals surface area contributed by atoms with Gasteiger partial charge in [0.1, 0.15) is 0 Å². The normalized spacial score (nSPS) is 31.9. The zero-order chi connectivity index (χ0) is 16.1. The van der Waals surface area contributed by atoms with Crippen molar-refractivity contribution in [1.82, 2.24) is 4.90 Å².